The number of rotatable bonds is 5. The first-order valence-corrected chi connectivity index (χ1v) is 10.1. The van der Waals surface area contributed by atoms with E-state index in [0.29, 0.717) is 5.57 Å². The van der Waals surface area contributed by atoms with Crippen LogP contribution in [0.25, 0.3) is 0 Å². The lowest BCUT2D eigenvalue weighted by atomic mass is 9.76. The fourth-order valence-corrected chi connectivity index (χ4v) is 4.13. The summed E-state index contributed by atoms with van der Waals surface area (Å²) in [6.45, 7) is 8.59. The second kappa shape index (κ2) is 9.85. The number of aliphatic hydroxyl groups is 1. The van der Waals surface area contributed by atoms with Crippen molar-refractivity contribution >= 4 is 17.7 Å². The number of hydrogen-bond acceptors (Lipinski definition) is 8. The zero-order chi connectivity index (χ0) is 22.6. The van der Waals surface area contributed by atoms with Crippen molar-refractivity contribution in [2.24, 2.45) is 11.8 Å². The third-order valence-electron chi connectivity index (χ3n) is 6.36. The molecule has 1 N–H and O–H groups in total. The summed E-state index contributed by atoms with van der Waals surface area (Å²) in [5.74, 6) is -2.74. The number of allylic oxidation sites excluding steroid dienone is 1. The minimum absolute atomic E-state index is 0.00685. The molecule has 0 bridgehead atoms. The number of carbonyl (C=O) groups is 3. The van der Waals surface area contributed by atoms with Gasteiger partial charge in [0.2, 0.25) is 0 Å². The topological polar surface area (TPSA) is 108 Å². The van der Waals surface area contributed by atoms with Crippen LogP contribution in [0.5, 0.6) is 0 Å². The zero-order valence-corrected chi connectivity index (χ0v) is 18.3. The maximum atomic E-state index is 12.8. The molecule has 6 atom stereocenters. The summed E-state index contributed by atoms with van der Waals surface area (Å²) in [6.07, 6.45) is -0.260. The Labute approximate surface area is 177 Å². The molecule has 0 spiro atoms. The Morgan fingerprint density at radius 2 is 2.03 bits per heavy atom. The number of hydrogen-bond donors (Lipinski definition) is 1. The van der Waals surface area contributed by atoms with E-state index in [-0.39, 0.29) is 30.6 Å². The van der Waals surface area contributed by atoms with Gasteiger partial charge in [-0.1, -0.05) is 12.7 Å². The Balaban J connectivity index is 2.55. The molecule has 8 nitrogen and oxygen atoms in total. The maximum Gasteiger partial charge on any atom is 0.334 e. The number of fused-ring (bicyclic) bond motifs is 1. The smallest absolute Gasteiger partial charge is 0.334 e. The Morgan fingerprint density at radius 3 is 2.57 bits per heavy atom. The van der Waals surface area contributed by atoms with E-state index in [1.165, 1.54) is 14.2 Å². The normalized spacial score (nSPS) is 35.6. The van der Waals surface area contributed by atoms with Crippen LogP contribution in [-0.4, -0.2) is 67.6 Å². The monoisotopic (exact) mass is 424 g/mol. The molecule has 2 rings (SSSR count). The van der Waals surface area contributed by atoms with E-state index < -0.39 is 54.3 Å². The maximum absolute atomic E-state index is 12.8. The van der Waals surface area contributed by atoms with E-state index in [9.17, 15) is 19.5 Å². The lowest BCUT2D eigenvalue weighted by Gasteiger charge is -2.41. The first-order chi connectivity index (χ1) is 14.1. The van der Waals surface area contributed by atoms with Gasteiger partial charge in [0, 0.05) is 44.1 Å². The van der Waals surface area contributed by atoms with Crippen molar-refractivity contribution in [2.45, 2.75) is 63.9 Å². The average Bonchev–Trinajstić information content (AvgIpc) is 3.01. The van der Waals surface area contributed by atoms with Gasteiger partial charge in [0.15, 0.2) is 0 Å². The van der Waals surface area contributed by atoms with Crippen molar-refractivity contribution in [3.05, 3.63) is 23.8 Å². The third-order valence-corrected chi connectivity index (χ3v) is 6.36. The molecule has 0 unspecified atom stereocenters. The van der Waals surface area contributed by atoms with Gasteiger partial charge in [-0.05, 0) is 27.2 Å². The number of Topliss-reactive ketones (excluding diaryl/α,β-unsaturated/α-hetero) is 1. The van der Waals surface area contributed by atoms with E-state index in [4.69, 9.17) is 18.9 Å². The summed E-state index contributed by atoms with van der Waals surface area (Å²) in [6, 6.07) is 0. The second-order valence-corrected chi connectivity index (χ2v) is 8.14. The van der Waals surface area contributed by atoms with E-state index in [1.807, 2.05) is 0 Å². The van der Waals surface area contributed by atoms with E-state index in [0.717, 1.165) is 0 Å². The highest BCUT2D eigenvalue weighted by Crippen LogP contribution is 2.41. The van der Waals surface area contributed by atoms with Gasteiger partial charge in [0.25, 0.3) is 0 Å². The van der Waals surface area contributed by atoms with Gasteiger partial charge in [0.1, 0.15) is 18.0 Å². The summed E-state index contributed by atoms with van der Waals surface area (Å²) in [7, 11) is 2.97. The molecule has 0 radical (unpaired) electrons. The minimum atomic E-state index is -1.01. The van der Waals surface area contributed by atoms with Crippen molar-refractivity contribution in [3.63, 3.8) is 0 Å². The van der Waals surface area contributed by atoms with E-state index in [1.54, 1.807) is 26.8 Å². The number of ketones is 1. The first-order valence-electron chi connectivity index (χ1n) is 10.1. The lowest BCUT2D eigenvalue weighted by Crippen LogP contribution is -2.51. The number of aliphatic hydroxyl groups excluding tert-OH is 1. The molecule has 1 aliphatic heterocycles. The SMILES string of the molecule is C=C1C(=O)O[C@H]2C[C@H](CO)C(=O)C[C@H](OC)[C@](C)(OC)C[C@@H](OC(=O)/C(C)=C\C)[C@@H]12. The molecule has 1 saturated heterocycles. The van der Waals surface area contributed by atoms with Crippen LogP contribution in [0.2, 0.25) is 0 Å². The Morgan fingerprint density at radius 1 is 1.37 bits per heavy atom. The second-order valence-electron chi connectivity index (χ2n) is 8.14. The first kappa shape index (κ1) is 24.2. The highest BCUT2D eigenvalue weighted by Gasteiger charge is 2.51. The molecule has 1 saturated carbocycles. The summed E-state index contributed by atoms with van der Waals surface area (Å²) in [5, 5.41) is 9.81. The van der Waals surface area contributed by atoms with Gasteiger partial charge < -0.3 is 24.1 Å². The molecule has 0 aromatic rings. The van der Waals surface area contributed by atoms with Gasteiger partial charge in [-0.15, -0.1) is 0 Å². The van der Waals surface area contributed by atoms with Gasteiger partial charge >= 0.3 is 11.9 Å². The Kier molecular flexibility index (Phi) is 7.96. The molecule has 1 aliphatic carbocycles. The molecular formula is C22H32O8. The summed E-state index contributed by atoms with van der Waals surface area (Å²) in [4.78, 5) is 37.7. The fraction of sp³-hybridized carbons (Fsp3) is 0.682. The minimum Gasteiger partial charge on any atom is -0.458 e. The highest BCUT2D eigenvalue weighted by atomic mass is 16.6. The van der Waals surface area contributed by atoms with Crippen molar-refractivity contribution in [2.75, 3.05) is 20.8 Å². The van der Waals surface area contributed by atoms with Gasteiger partial charge in [-0.2, -0.15) is 0 Å². The summed E-state index contributed by atoms with van der Waals surface area (Å²) in [5.41, 5.74) is -0.411. The van der Waals surface area contributed by atoms with E-state index >= 15 is 0 Å². The predicted octanol–water partition coefficient (Wildman–Crippen LogP) is 1.74. The average molecular weight is 424 g/mol. The molecule has 2 aliphatic rings. The molecule has 2 fully saturated rings. The summed E-state index contributed by atoms with van der Waals surface area (Å²) >= 11 is 0. The van der Waals surface area contributed by atoms with Crippen LogP contribution < -0.4 is 0 Å². The quantitative estimate of drug-likeness (QED) is 0.525. The van der Waals surface area contributed by atoms with Crippen LogP contribution in [-0.2, 0) is 33.3 Å². The van der Waals surface area contributed by atoms with Gasteiger partial charge in [-0.3, -0.25) is 4.79 Å². The molecule has 0 aromatic heterocycles. The number of esters is 2. The fourth-order valence-electron chi connectivity index (χ4n) is 4.13. The molecule has 1 heterocycles. The van der Waals surface area contributed by atoms with Crippen LogP contribution in [0, 0.1) is 11.8 Å². The number of carbonyl (C=O) groups excluding carboxylic acids is 3. The van der Waals surface area contributed by atoms with E-state index in [2.05, 4.69) is 6.58 Å². The molecule has 168 valence electrons. The Bertz CT molecular complexity index is 727. The van der Waals surface area contributed by atoms with Crippen molar-refractivity contribution < 1.29 is 38.4 Å². The number of methoxy groups -OCH3 is 2. The number of ether oxygens (including phenoxy) is 4. The standard InChI is InChI=1S/C22H32O8/c1-7-12(2)20(25)30-17-10-22(4,28-6)18(27-5)9-15(24)14(11-23)8-16-19(17)13(3)21(26)29-16/h7,14,16-19,23H,3,8-11H2,1-2,4-6H3/b12-7-/t14-,16+,17-,18+,19+,22-/m1/s1. The predicted molar refractivity (Wildman–Crippen MR) is 107 cm³/mol. The highest BCUT2D eigenvalue weighted by molar-refractivity contribution is 5.92. The molecule has 8 heteroatoms. The lowest BCUT2D eigenvalue weighted by molar-refractivity contribution is -0.168. The molecule has 30 heavy (non-hydrogen) atoms. The molecule has 0 aromatic carbocycles. The zero-order valence-electron chi connectivity index (χ0n) is 18.3. The van der Waals surface area contributed by atoms with Gasteiger partial charge in [0.05, 0.1) is 24.2 Å². The van der Waals surface area contributed by atoms with Crippen LogP contribution in [0.1, 0.15) is 40.0 Å². The van der Waals surface area contributed by atoms with Gasteiger partial charge in [-0.25, -0.2) is 9.59 Å². The van der Waals surface area contributed by atoms with Crippen LogP contribution in [0.3, 0.4) is 0 Å². The summed E-state index contributed by atoms with van der Waals surface area (Å²) < 4.78 is 22.6. The Hall–Kier alpha value is -2.03. The van der Waals surface area contributed by atoms with Crippen LogP contribution in [0.15, 0.2) is 23.8 Å². The van der Waals surface area contributed by atoms with Crippen LogP contribution in [0.4, 0.5) is 0 Å². The van der Waals surface area contributed by atoms with Crippen molar-refractivity contribution in [1.82, 2.24) is 0 Å². The largest absolute Gasteiger partial charge is 0.458 e. The molecule has 0 amide bonds. The van der Waals surface area contributed by atoms with Crippen molar-refractivity contribution in [3.8, 4) is 0 Å². The molecular weight excluding hydrogens is 392 g/mol. The third kappa shape index (κ3) is 4.82. The van der Waals surface area contributed by atoms with Crippen molar-refractivity contribution in [1.29, 1.82) is 0 Å². The van der Waals surface area contributed by atoms with Crippen LogP contribution >= 0.6 is 0 Å².